The first-order valence-corrected chi connectivity index (χ1v) is 9.78. The van der Waals surface area contributed by atoms with E-state index in [0.717, 1.165) is 11.1 Å². The molecule has 0 bridgehead atoms. The molecular formula is C22H25ClN2O3. The van der Waals surface area contributed by atoms with Gasteiger partial charge in [-0.15, -0.1) is 0 Å². The van der Waals surface area contributed by atoms with Crippen LogP contribution in [0.15, 0.2) is 48.5 Å². The molecule has 148 valence electrons. The number of hydrogen-bond donors (Lipinski definition) is 1. The maximum absolute atomic E-state index is 12.9. The Bertz CT molecular complexity index is 843. The number of nitrogens with two attached hydrogens (primary N) is 1. The largest absolute Gasteiger partial charge is 0.493 e. The van der Waals surface area contributed by atoms with E-state index < -0.39 is 0 Å². The third kappa shape index (κ3) is 4.84. The van der Waals surface area contributed by atoms with Crippen LogP contribution in [0.3, 0.4) is 0 Å². The second kappa shape index (κ2) is 8.65. The molecule has 1 aliphatic rings. The normalized spacial score (nSPS) is 15.9. The monoisotopic (exact) mass is 400 g/mol. The van der Waals surface area contributed by atoms with Gasteiger partial charge in [0.25, 0.3) is 5.91 Å². The Hall–Kier alpha value is -2.53. The summed E-state index contributed by atoms with van der Waals surface area (Å²) in [6.07, 6.45) is 1.58. The predicted molar refractivity (Wildman–Crippen MR) is 110 cm³/mol. The van der Waals surface area contributed by atoms with E-state index in [1.54, 1.807) is 24.3 Å². The molecule has 1 saturated heterocycles. The van der Waals surface area contributed by atoms with Crippen LogP contribution in [0.2, 0.25) is 5.02 Å². The Morgan fingerprint density at radius 3 is 2.36 bits per heavy atom. The molecule has 2 aromatic carbocycles. The van der Waals surface area contributed by atoms with Crippen molar-refractivity contribution in [2.24, 2.45) is 11.1 Å². The lowest BCUT2D eigenvalue weighted by atomic mass is 9.76. The number of carbonyl (C=O) groups is 2. The Labute approximate surface area is 170 Å². The van der Waals surface area contributed by atoms with Gasteiger partial charge in [0.15, 0.2) is 0 Å². The van der Waals surface area contributed by atoms with E-state index >= 15 is 0 Å². The number of aryl methyl sites for hydroxylation is 1. The number of amides is 2. The first-order valence-electron chi connectivity index (χ1n) is 9.40. The van der Waals surface area contributed by atoms with Crippen LogP contribution in [-0.2, 0) is 4.79 Å². The van der Waals surface area contributed by atoms with Crippen molar-refractivity contribution in [2.75, 3.05) is 19.7 Å². The highest BCUT2D eigenvalue weighted by Crippen LogP contribution is 2.36. The highest BCUT2D eigenvalue weighted by Gasteiger charge is 2.38. The van der Waals surface area contributed by atoms with Crippen molar-refractivity contribution in [2.45, 2.75) is 26.2 Å². The number of hydrogen-bond acceptors (Lipinski definition) is 3. The van der Waals surface area contributed by atoms with Gasteiger partial charge >= 0.3 is 0 Å². The third-order valence-corrected chi connectivity index (χ3v) is 5.65. The maximum atomic E-state index is 12.9. The number of likely N-dealkylation sites (tertiary alicyclic amines) is 1. The first kappa shape index (κ1) is 20.2. The summed E-state index contributed by atoms with van der Waals surface area (Å²) in [5.41, 5.74) is 6.83. The van der Waals surface area contributed by atoms with Gasteiger partial charge in [0, 0.05) is 35.5 Å². The fourth-order valence-corrected chi connectivity index (χ4v) is 3.80. The minimum Gasteiger partial charge on any atom is -0.493 e. The second-order valence-electron chi connectivity index (χ2n) is 7.49. The molecule has 0 spiro atoms. The third-order valence-electron chi connectivity index (χ3n) is 5.39. The van der Waals surface area contributed by atoms with Crippen molar-refractivity contribution < 1.29 is 14.3 Å². The van der Waals surface area contributed by atoms with E-state index in [4.69, 9.17) is 22.1 Å². The van der Waals surface area contributed by atoms with E-state index in [0.29, 0.717) is 43.3 Å². The molecule has 1 heterocycles. The van der Waals surface area contributed by atoms with E-state index in [1.165, 1.54) is 0 Å². The zero-order chi connectivity index (χ0) is 20.1. The standard InChI is InChI=1S/C22H25ClN2O3/c1-16-4-2-3-5-19(16)21(27)25-12-10-22(11-13-25,14-20(24)26)15-28-18-8-6-17(23)7-9-18/h2-9H,10-15H2,1H3,(H2,24,26). The summed E-state index contributed by atoms with van der Waals surface area (Å²) in [4.78, 5) is 26.4. The Morgan fingerprint density at radius 1 is 1.11 bits per heavy atom. The van der Waals surface area contributed by atoms with E-state index in [1.807, 2.05) is 36.1 Å². The van der Waals surface area contributed by atoms with E-state index in [9.17, 15) is 9.59 Å². The average molecular weight is 401 g/mol. The summed E-state index contributed by atoms with van der Waals surface area (Å²) in [5.74, 6) is 0.384. The number of halogens is 1. The number of primary amides is 1. The summed E-state index contributed by atoms with van der Waals surface area (Å²) in [5, 5.41) is 0.641. The minimum atomic E-state index is -0.367. The molecule has 3 rings (SSSR count). The summed E-state index contributed by atoms with van der Waals surface area (Å²) >= 11 is 5.91. The van der Waals surface area contributed by atoms with E-state index in [2.05, 4.69) is 0 Å². The van der Waals surface area contributed by atoms with Crippen molar-refractivity contribution in [3.8, 4) is 5.75 Å². The van der Waals surface area contributed by atoms with Gasteiger partial charge in [-0.1, -0.05) is 29.8 Å². The van der Waals surface area contributed by atoms with Crippen molar-refractivity contribution >= 4 is 23.4 Å². The van der Waals surface area contributed by atoms with Crippen LogP contribution in [0.5, 0.6) is 5.75 Å². The van der Waals surface area contributed by atoms with Gasteiger partial charge in [-0.05, 0) is 55.7 Å². The lowest BCUT2D eigenvalue weighted by molar-refractivity contribution is -0.121. The van der Waals surface area contributed by atoms with Gasteiger partial charge in [-0.2, -0.15) is 0 Å². The second-order valence-corrected chi connectivity index (χ2v) is 7.93. The SMILES string of the molecule is Cc1ccccc1C(=O)N1CCC(COc2ccc(Cl)cc2)(CC(N)=O)CC1. The quantitative estimate of drug-likeness (QED) is 0.800. The Morgan fingerprint density at radius 2 is 1.75 bits per heavy atom. The Kier molecular flexibility index (Phi) is 6.25. The molecule has 0 atom stereocenters. The molecule has 28 heavy (non-hydrogen) atoms. The summed E-state index contributed by atoms with van der Waals surface area (Å²) in [7, 11) is 0. The summed E-state index contributed by atoms with van der Waals surface area (Å²) in [6.45, 7) is 3.47. The molecule has 0 aromatic heterocycles. The van der Waals surface area contributed by atoms with Gasteiger partial charge in [-0.25, -0.2) is 0 Å². The van der Waals surface area contributed by atoms with Crippen LogP contribution in [0.25, 0.3) is 0 Å². The van der Waals surface area contributed by atoms with Gasteiger partial charge in [0.2, 0.25) is 5.91 Å². The predicted octanol–water partition coefficient (Wildman–Crippen LogP) is 3.83. The Balaban J connectivity index is 1.67. The highest BCUT2D eigenvalue weighted by atomic mass is 35.5. The van der Waals surface area contributed by atoms with Crippen LogP contribution in [0.1, 0.15) is 35.2 Å². The molecule has 0 radical (unpaired) electrons. The molecule has 6 heteroatoms. The summed E-state index contributed by atoms with van der Waals surface area (Å²) in [6, 6.07) is 14.7. The number of rotatable bonds is 6. The summed E-state index contributed by atoms with van der Waals surface area (Å²) < 4.78 is 5.93. The lowest BCUT2D eigenvalue weighted by Gasteiger charge is -2.41. The zero-order valence-electron chi connectivity index (χ0n) is 16.0. The number of piperidine rings is 1. The molecule has 5 nitrogen and oxygen atoms in total. The van der Waals surface area contributed by atoms with Crippen molar-refractivity contribution in [3.05, 3.63) is 64.7 Å². The van der Waals surface area contributed by atoms with Crippen LogP contribution < -0.4 is 10.5 Å². The average Bonchev–Trinajstić information content (AvgIpc) is 2.68. The number of benzene rings is 2. The minimum absolute atomic E-state index is 0.0318. The fourth-order valence-electron chi connectivity index (χ4n) is 3.68. The van der Waals surface area contributed by atoms with Gasteiger partial charge in [-0.3, -0.25) is 9.59 Å². The number of carbonyl (C=O) groups excluding carboxylic acids is 2. The van der Waals surface area contributed by atoms with Crippen molar-refractivity contribution in [1.82, 2.24) is 4.90 Å². The van der Waals surface area contributed by atoms with Gasteiger partial charge in [0.1, 0.15) is 5.75 Å². The molecule has 1 fully saturated rings. The highest BCUT2D eigenvalue weighted by molar-refractivity contribution is 6.30. The molecule has 0 unspecified atom stereocenters. The number of nitrogens with zero attached hydrogens (tertiary/aromatic N) is 1. The molecule has 2 aromatic rings. The first-order chi connectivity index (χ1) is 13.4. The van der Waals surface area contributed by atoms with Crippen LogP contribution in [0, 0.1) is 12.3 Å². The molecular weight excluding hydrogens is 376 g/mol. The zero-order valence-corrected chi connectivity index (χ0v) is 16.7. The smallest absolute Gasteiger partial charge is 0.254 e. The molecule has 0 saturated carbocycles. The maximum Gasteiger partial charge on any atom is 0.254 e. The van der Waals surface area contributed by atoms with E-state index in [-0.39, 0.29) is 23.7 Å². The van der Waals surface area contributed by atoms with Crippen molar-refractivity contribution in [1.29, 1.82) is 0 Å². The lowest BCUT2D eigenvalue weighted by Crippen LogP contribution is -2.47. The number of ether oxygens (including phenoxy) is 1. The molecule has 2 amide bonds. The topological polar surface area (TPSA) is 72.6 Å². The molecule has 2 N–H and O–H groups in total. The molecule has 0 aliphatic carbocycles. The van der Waals surface area contributed by atoms with Crippen LogP contribution in [0.4, 0.5) is 0 Å². The van der Waals surface area contributed by atoms with Crippen molar-refractivity contribution in [3.63, 3.8) is 0 Å². The molecule has 1 aliphatic heterocycles. The fraction of sp³-hybridized carbons (Fsp3) is 0.364. The van der Waals surface area contributed by atoms with Crippen LogP contribution >= 0.6 is 11.6 Å². The van der Waals surface area contributed by atoms with Crippen LogP contribution in [-0.4, -0.2) is 36.4 Å². The van der Waals surface area contributed by atoms with Gasteiger partial charge < -0.3 is 15.4 Å². The van der Waals surface area contributed by atoms with Gasteiger partial charge in [0.05, 0.1) is 6.61 Å².